The smallest absolute Gasteiger partial charge is 0.207 e. The van der Waals surface area contributed by atoms with Gasteiger partial charge in [-0.15, -0.1) is 0 Å². The Hall–Kier alpha value is -1.31. The Bertz CT molecular complexity index is 277. The van der Waals surface area contributed by atoms with Gasteiger partial charge in [0, 0.05) is 6.54 Å². The van der Waals surface area contributed by atoms with Crippen molar-refractivity contribution >= 4 is 6.41 Å². The number of hydrogen-bond acceptors (Lipinski definition) is 1. The fourth-order valence-corrected chi connectivity index (χ4v) is 1.42. The fourth-order valence-electron chi connectivity index (χ4n) is 1.42. The zero-order valence-electron chi connectivity index (χ0n) is 8.79. The average Bonchev–Trinajstić information content (AvgIpc) is 2.16. The third-order valence-electron chi connectivity index (χ3n) is 2.06. The molecule has 0 saturated carbocycles. The van der Waals surface area contributed by atoms with E-state index in [0.29, 0.717) is 12.5 Å². The number of amides is 1. The van der Waals surface area contributed by atoms with E-state index in [0.717, 1.165) is 18.4 Å². The van der Waals surface area contributed by atoms with Crippen LogP contribution in [0.3, 0.4) is 0 Å². The van der Waals surface area contributed by atoms with Crippen LogP contribution in [0.15, 0.2) is 24.3 Å². The van der Waals surface area contributed by atoms with Crippen LogP contribution in [0.5, 0.6) is 0 Å². The van der Waals surface area contributed by atoms with E-state index in [-0.39, 0.29) is 0 Å². The molecule has 0 aromatic heterocycles. The van der Waals surface area contributed by atoms with Crippen molar-refractivity contribution in [2.75, 3.05) is 0 Å². The van der Waals surface area contributed by atoms with E-state index in [4.69, 9.17) is 0 Å². The van der Waals surface area contributed by atoms with Crippen molar-refractivity contribution in [2.24, 2.45) is 5.92 Å². The van der Waals surface area contributed by atoms with Gasteiger partial charge in [-0.3, -0.25) is 4.79 Å². The summed E-state index contributed by atoms with van der Waals surface area (Å²) in [5.41, 5.74) is 2.50. The van der Waals surface area contributed by atoms with Gasteiger partial charge in [0.2, 0.25) is 6.41 Å². The molecule has 1 rings (SSSR count). The second kappa shape index (κ2) is 5.43. The highest BCUT2D eigenvalue weighted by molar-refractivity contribution is 5.46. The van der Waals surface area contributed by atoms with Crippen LogP contribution >= 0.6 is 0 Å². The van der Waals surface area contributed by atoms with Gasteiger partial charge in [0.05, 0.1) is 0 Å². The first-order valence-electron chi connectivity index (χ1n) is 4.97. The molecule has 0 aliphatic rings. The SMILES string of the molecule is CC(C)Cc1ccc(CNC=O)cc1. The summed E-state index contributed by atoms with van der Waals surface area (Å²) >= 11 is 0. The fraction of sp³-hybridized carbons (Fsp3) is 0.417. The van der Waals surface area contributed by atoms with E-state index in [2.05, 4.69) is 43.4 Å². The predicted molar refractivity (Wildman–Crippen MR) is 57.9 cm³/mol. The molecule has 0 fully saturated rings. The lowest BCUT2D eigenvalue weighted by atomic mass is 10.0. The van der Waals surface area contributed by atoms with E-state index >= 15 is 0 Å². The second-order valence-electron chi connectivity index (χ2n) is 3.91. The van der Waals surface area contributed by atoms with E-state index in [1.807, 2.05) is 0 Å². The first-order valence-corrected chi connectivity index (χ1v) is 4.97. The summed E-state index contributed by atoms with van der Waals surface area (Å²) in [5, 5.41) is 2.64. The predicted octanol–water partition coefficient (Wildman–Crippen LogP) is 2.13. The molecule has 2 nitrogen and oxygen atoms in total. The van der Waals surface area contributed by atoms with Gasteiger partial charge in [0.25, 0.3) is 0 Å². The van der Waals surface area contributed by atoms with Gasteiger partial charge in [-0.1, -0.05) is 38.1 Å². The minimum atomic E-state index is 0.617. The van der Waals surface area contributed by atoms with Gasteiger partial charge >= 0.3 is 0 Å². The van der Waals surface area contributed by atoms with Crippen LogP contribution in [0.2, 0.25) is 0 Å². The third-order valence-corrected chi connectivity index (χ3v) is 2.06. The Balaban J connectivity index is 2.54. The molecule has 1 aromatic carbocycles. The number of rotatable bonds is 5. The molecule has 0 bridgehead atoms. The molecule has 0 unspecified atom stereocenters. The van der Waals surface area contributed by atoms with Crippen LogP contribution in [0, 0.1) is 5.92 Å². The Kier molecular flexibility index (Phi) is 4.17. The number of carbonyl (C=O) groups excluding carboxylic acids is 1. The Morgan fingerprint density at radius 1 is 1.21 bits per heavy atom. The largest absolute Gasteiger partial charge is 0.355 e. The van der Waals surface area contributed by atoms with Gasteiger partial charge in [0.15, 0.2) is 0 Å². The summed E-state index contributed by atoms with van der Waals surface area (Å²) in [4.78, 5) is 10.1. The average molecular weight is 191 g/mol. The summed E-state index contributed by atoms with van der Waals surface area (Å²) in [5.74, 6) is 0.689. The van der Waals surface area contributed by atoms with Crippen molar-refractivity contribution in [3.05, 3.63) is 35.4 Å². The van der Waals surface area contributed by atoms with Gasteiger partial charge in [-0.2, -0.15) is 0 Å². The molecule has 0 aliphatic carbocycles. The first-order chi connectivity index (χ1) is 6.72. The number of nitrogens with one attached hydrogen (secondary N) is 1. The maximum atomic E-state index is 10.1. The van der Waals surface area contributed by atoms with Crippen LogP contribution < -0.4 is 5.32 Å². The Morgan fingerprint density at radius 3 is 2.29 bits per heavy atom. The van der Waals surface area contributed by atoms with Crippen molar-refractivity contribution < 1.29 is 4.79 Å². The standard InChI is InChI=1S/C12H17NO/c1-10(2)7-11-3-5-12(6-4-11)8-13-9-14/h3-6,9-10H,7-8H2,1-2H3,(H,13,14). The zero-order chi connectivity index (χ0) is 10.4. The normalized spacial score (nSPS) is 10.2. The van der Waals surface area contributed by atoms with Crippen molar-refractivity contribution in [1.82, 2.24) is 5.32 Å². The lowest BCUT2D eigenvalue weighted by Crippen LogP contribution is -2.09. The van der Waals surface area contributed by atoms with Crippen molar-refractivity contribution in [2.45, 2.75) is 26.8 Å². The van der Waals surface area contributed by atoms with Gasteiger partial charge in [-0.25, -0.2) is 0 Å². The molecular formula is C12H17NO. The number of benzene rings is 1. The van der Waals surface area contributed by atoms with E-state index < -0.39 is 0 Å². The highest BCUT2D eigenvalue weighted by atomic mass is 16.1. The molecule has 1 amide bonds. The molecule has 14 heavy (non-hydrogen) atoms. The van der Waals surface area contributed by atoms with E-state index in [9.17, 15) is 4.79 Å². The second-order valence-corrected chi connectivity index (χ2v) is 3.91. The highest BCUT2D eigenvalue weighted by Crippen LogP contribution is 2.09. The van der Waals surface area contributed by atoms with E-state index in [1.165, 1.54) is 5.56 Å². The van der Waals surface area contributed by atoms with Crippen molar-refractivity contribution in [3.63, 3.8) is 0 Å². The summed E-state index contributed by atoms with van der Waals surface area (Å²) in [6, 6.07) is 8.38. The van der Waals surface area contributed by atoms with Crippen LogP contribution in [-0.4, -0.2) is 6.41 Å². The molecule has 0 radical (unpaired) electrons. The number of carbonyl (C=O) groups is 1. The number of hydrogen-bond donors (Lipinski definition) is 1. The van der Waals surface area contributed by atoms with Crippen LogP contribution in [-0.2, 0) is 17.8 Å². The molecule has 0 atom stereocenters. The summed E-state index contributed by atoms with van der Waals surface area (Å²) in [6.07, 6.45) is 1.84. The van der Waals surface area contributed by atoms with Crippen molar-refractivity contribution in [1.29, 1.82) is 0 Å². The molecule has 2 heteroatoms. The zero-order valence-corrected chi connectivity index (χ0v) is 8.79. The Morgan fingerprint density at radius 2 is 1.79 bits per heavy atom. The molecule has 0 saturated heterocycles. The van der Waals surface area contributed by atoms with Crippen LogP contribution in [0.25, 0.3) is 0 Å². The third kappa shape index (κ3) is 3.60. The van der Waals surface area contributed by atoms with Gasteiger partial charge in [0.1, 0.15) is 0 Å². The lowest BCUT2D eigenvalue weighted by molar-refractivity contribution is -0.109. The van der Waals surface area contributed by atoms with Crippen LogP contribution in [0.4, 0.5) is 0 Å². The molecule has 0 spiro atoms. The summed E-state index contributed by atoms with van der Waals surface area (Å²) < 4.78 is 0. The molecular weight excluding hydrogens is 174 g/mol. The van der Waals surface area contributed by atoms with E-state index in [1.54, 1.807) is 0 Å². The molecule has 0 heterocycles. The molecule has 76 valence electrons. The molecule has 1 N–H and O–H groups in total. The molecule has 1 aromatic rings. The maximum absolute atomic E-state index is 10.1. The Labute approximate surface area is 85.3 Å². The lowest BCUT2D eigenvalue weighted by Gasteiger charge is -2.05. The van der Waals surface area contributed by atoms with Crippen LogP contribution in [0.1, 0.15) is 25.0 Å². The topological polar surface area (TPSA) is 29.1 Å². The van der Waals surface area contributed by atoms with Gasteiger partial charge in [-0.05, 0) is 23.5 Å². The minimum Gasteiger partial charge on any atom is -0.355 e. The monoisotopic (exact) mass is 191 g/mol. The minimum absolute atomic E-state index is 0.617. The quantitative estimate of drug-likeness (QED) is 0.710. The summed E-state index contributed by atoms with van der Waals surface area (Å²) in [7, 11) is 0. The summed E-state index contributed by atoms with van der Waals surface area (Å²) in [6.45, 7) is 5.04. The van der Waals surface area contributed by atoms with Gasteiger partial charge < -0.3 is 5.32 Å². The maximum Gasteiger partial charge on any atom is 0.207 e. The highest BCUT2D eigenvalue weighted by Gasteiger charge is 1.97. The van der Waals surface area contributed by atoms with Crippen molar-refractivity contribution in [3.8, 4) is 0 Å². The molecule has 0 aliphatic heterocycles. The first kappa shape index (κ1) is 10.8.